The second-order valence-corrected chi connectivity index (χ2v) is 30.9. The van der Waals surface area contributed by atoms with Gasteiger partial charge >= 0.3 is 5.97 Å². The molecule has 8 spiro atoms. The summed E-state index contributed by atoms with van der Waals surface area (Å²) in [5.74, 6) is -1.44. The van der Waals surface area contributed by atoms with Gasteiger partial charge in [0.05, 0.1) is 35.3 Å². The zero-order chi connectivity index (χ0) is 57.1. The highest BCUT2D eigenvalue weighted by atomic mass is 16.7. The number of ketones is 1. The summed E-state index contributed by atoms with van der Waals surface area (Å²) in [6.07, 6.45) is 25.8. The Balaban J connectivity index is 0.847. The number of benzene rings is 2. The van der Waals surface area contributed by atoms with E-state index in [0.29, 0.717) is 43.3 Å². The molecule has 4 bridgehead atoms. The van der Waals surface area contributed by atoms with E-state index in [1.165, 1.54) is 120 Å². The van der Waals surface area contributed by atoms with Crippen molar-refractivity contribution in [3.05, 3.63) is 51.6 Å². The molecule has 83 heavy (non-hydrogen) atoms. The van der Waals surface area contributed by atoms with Crippen molar-refractivity contribution >= 4 is 22.5 Å². The predicted molar refractivity (Wildman–Crippen MR) is 306 cm³/mol. The lowest BCUT2D eigenvalue weighted by molar-refractivity contribution is -0.349. The normalized spacial score (nSPS) is 46.8. The first kappa shape index (κ1) is 54.7. The summed E-state index contributed by atoms with van der Waals surface area (Å²) in [5.41, 5.74) is 9.62. The van der Waals surface area contributed by atoms with E-state index in [1.807, 2.05) is 0 Å². The van der Waals surface area contributed by atoms with Crippen molar-refractivity contribution in [2.75, 3.05) is 26.4 Å². The van der Waals surface area contributed by atoms with E-state index >= 15 is 0 Å². The predicted octanol–water partition coefficient (Wildman–Crippen LogP) is 9.91. The van der Waals surface area contributed by atoms with E-state index in [-0.39, 0.29) is 86.3 Å². The van der Waals surface area contributed by atoms with Crippen LogP contribution in [0.2, 0.25) is 0 Å². The molecule has 0 aromatic heterocycles. The maximum absolute atomic E-state index is 13.7. The van der Waals surface area contributed by atoms with E-state index in [9.17, 15) is 45.3 Å². The summed E-state index contributed by atoms with van der Waals surface area (Å²) in [7, 11) is 0. The molecule has 12 fully saturated rings. The van der Waals surface area contributed by atoms with Crippen molar-refractivity contribution in [3.63, 3.8) is 0 Å². The molecule has 4 aliphatic heterocycles. The van der Waals surface area contributed by atoms with Crippen LogP contribution in [0.5, 0.6) is 17.2 Å². The topological polar surface area (TPSA) is 237 Å². The zero-order valence-electron chi connectivity index (χ0n) is 49.0. The number of nitrogens with one attached hydrogen (secondary N) is 2. The number of hydrazine groups is 1. The molecule has 0 amide bonds. The van der Waals surface area contributed by atoms with Crippen LogP contribution in [-0.4, -0.2) is 121 Å². The van der Waals surface area contributed by atoms with Crippen LogP contribution in [0, 0.1) is 69.0 Å². The van der Waals surface area contributed by atoms with Gasteiger partial charge in [0.25, 0.3) is 0 Å². The molecule has 14 aliphatic rings. The first-order valence-electron chi connectivity index (χ1n) is 32.8. The number of carbonyl (C=O) groups is 2. The first-order valence-corrected chi connectivity index (χ1v) is 32.8. The quantitative estimate of drug-likeness (QED) is 0.0884. The third-order valence-corrected chi connectivity index (χ3v) is 27.9. The molecule has 16 rings (SSSR count). The van der Waals surface area contributed by atoms with Crippen LogP contribution in [0.3, 0.4) is 0 Å². The number of hydrogen-bond acceptors (Lipinski definition) is 14. The molecule has 2 aromatic rings. The van der Waals surface area contributed by atoms with Crippen LogP contribution in [0.1, 0.15) is 207 Å². The minimum atomic E-state index is -1.83. The third-order valence-electron chi connectivity index (χ3n) is 27.9. The number of ether oxygens (including phenoxy) is 4. The van der Waals surface area contributed by atoms with Gasteiger partial charge in [0.2, 0.25) is 6.29 Å². The maximum atomic E-state index is 13.7. The highest BCUT2D eigenvalue weighted by Gasteiger charge is 2.79. The Morgan fingerprint density at radius 2 is 1.64 bits per heavy atom. The maximum Gasteiger partial charge on any atom is 0.335 e. The van der Waals surface area contributed by atoms with Gasteiger partial charge in [-0.1, -0.05) is 31.8 Å². The number of carboxylic acid groups (broad SMARTS) is 1. The number of aliphatic hydroxyl groups excluding tert-OH is 4. The van der Waals surface area contributed by atoms with E-state index < -0.39 is 76.6 Å². The van der Waals surface area contributed by atoms with Crippen molar-refractivity contribution in [2.24, 2.45) is 62.1 Å². The monoisotopic (exact) mass is 1140 g/mol. The second-order valence-electron chi connectivity index (χ2n) is 30.9. The van der Waals surface area contributed by atoms with Crippen molar-refractivity contribution in [3.8, 4) is 17.2 Å². The molecule has 10 aliphatic carbocycles. The second kappa shape index (κ2) is 18.5. The highest BCUT2D eigenvalue weighted by Crippen LogP contribution is 2.82. The summed E-state index contributed by atoms with van der Waals surface area (Å²) >= 11 is 0. The summed E-state index contributed by atoms with van der Waals surface area (Å²) in [5, 5.41) is 83.2. The Bertz CT molecular complexity index is 3150. The molecule has 18 atom stereocenters. The number of aromatic hydroxyl groups is 2. The van der Waals surface area contributed by atoms with Crippen molar-refractivity contribution in [1.82, 2.24) is 10.9 Å². The van der Waals surface area contributed by atoms with Gasteiger partial charge in [0.15, 0.2) is 5.78 Å². The van der Waals surface area contributed by atoms with Gasteiger partial charge in [-0.15, -0.1) is 0 Å². The molecule has 9 saturated carbocycles. The number of allylic oxidation sites excluding steroid dienone is 1. The fourth-order valence-corrected chi connectivity index (χ4v) is 25.3. The molecular formula is C68H90N2O13. The fourth-order valence-electron chi connectivity index (χ4n) is 25.3. The molecule has 4 heterocycles. The van der Waals surface area contributed by atoms with Crippen molar-refractivity contribution < 1.29 is 64.3 Å². The number of aliphatic hydroxyl groups is 4. The van der Waals surface area contributed by atoms with Crippen molar-refractivity contribution in [2.45, 2.75) is 235 Å². The number of rotatable bonds is 8. The van der Waals surface area contributed by atoms with Gasteiger partial charge in [-0.2, -0.15) is 0 Å². The Kier molecular flexibility index (Phi) is 12.2. The molecule has 450 valence electrons. The summed E-state index contributed by atoms with van der Waals surface area (Å²) in [6.45, 7) is 3.41. The molecule has 2 aromatic carbocycles. The van der Waals surface area contributed by atoms with E-state index in [4.69, 9.17) is 18.9 Å². The van der Waals surface area contributed by atoms with E-state index in [2.05, 4.69) is 16.9 Å². The minimum absolute atomic E-state index is 0.0108. The minimum Gasteiger partial charge on any atom is -0.507 e. The Hall–Kier alpha value is -3.64. The smallest absolute Gasteiger partial charge is 0.335 e. The summed E-state index contributed by atoms with van der Waals surface area (Å²) in [6, 6.07) is 2.62. The zero-order valence-corrected chi connectivity index (χ0v) is 49.0. The van der Waals surface area contributed by atoms with E-state index in [0.717, 1.165) is 82.1 Å². The largest absolute Gasteiger partial charge is 0.507 e. The van der Waals surface area contributed by atoms with Gasteiger partial charge in [0.1, 0.15) is 41.2 Å². The first-order chi connectivity index (χ1) is 39.9. The van der Waals surface area contributed by atoms with Crippen LogP contribution in [0.25, 0.3) is 10.8 Å². The number of carbonyl (C=O) groups excluding carboxylic acids is 1. The van der Waals surface area contributed by atoms with E-state index in [1.54, 1.807) is 0 Å². The molecule has 0 radical (unpaired) electrons. The lowest BCUT2D eigenvalue weighted by atomic mass is 9.38. The van der Waals surface area contributed by atoms with Gasteiger partial charge in [0, 0.05) is 47.1 Å². The van der Waals surface area contributed by atoms with Gasteiger partial charge < -0.3 is 54.7 Å². The number of fused-ring (bicyclic) bond motifs is 3. The highest BCUT2D eigenvalue weighted by molar-refractivity contribution is 6.11. The molecule has 9 N–H and O–H groups in total. The standard InChI is InChI=1S/C68H90N2O13/c1-37-50(38(2)73)54(75)51-43(53(37)74)25-39(58(78)79)26-47(51)81-59-55(76)57(77)68(49(30-72)82-59)28-46-52-44(12-13-45(52)66(83-68)20-7-17-60(32-66)15-3-4-16-60)64(19-8-24-71)36-80-31-40-27-62-33-63(29-48(62)69-70-67(46,35-62)56(40)64)21-14-42-10-5-9-41-11-6-18-61(41)22-23-65(42,63)34-61/h12,25-26,40-42,46,48-49,55-57,59,69-72,74-77H,3-11,13-24,27-36H2,1-2H3,(H,78,79). The SMILES string of the molecule is CC(=O)c1c(C)c(O)c2cc(C(=O)O)cc(OC3OC(CO)C4(CC5C6=C(CC=C6C6(CCCO)COCC7CC89CC5(NNC8CC5(CCC8CCCC%10CCCC%10%11CCC85C%11)C9)C76)C5(CCCC6(CCCC6)C5)O4)C(O)C3O)c2c1O. The summed E-state index contributed by atoms with van der Waals surface area (Å²) < 4.78 is 28.8. The molecule has 15 heteroatoms. The average Bonchev–Trinajstić information content (AvgIpc) is 1.74. The number of phenolic OH excluding ortho intramolecular Hbond substituents is 2. The third kappa shape index (κ3) is 7.06. The Labute approximate surface area is 487 Å². The number of phenols is 2. The van der Waals surface area contributed by atoms with Crippen molar-refractivity contribution in [1.29, 1.82) is 0 Å². The number of aromatic carboxylic acids is 1. The molecule has 3 saturated heterocycles. The number of hydrogen-bond donors (Lipinski definition) is 9. The molecular weight excluding hydrogens is 1050 g/mol. The summed E-state index contributed by atoms with van der Waals surface area (Å²) in [4.78, 5) is 25.8. The van der Waals surface area contributed by atoms with Gasteiger partial charge in [-0.25, -0.2) is 4.79 Å². The molecule has 15 nitrogen and oxygen atoms in total. The van der Waals surface area contributed by atoms with Crippen LogP contribution < -0.4 is 15.6 Å². The number of Topliss-reactive ketones (excluding diaryl/α,β-unsaturated/α-hetero) is 1. The van der Waals surface area contributed by atoms with Crippen LogP contribution in [-0.2, 0) is 14.2 Å². The van der Waals surface area contributed by atoms with Crippen LogP contribution in [0.15, 0.2) is 34.9 Å². The lowest BCUT2D eigenvalue weighted by Gasteiger charge is -2.72. The lowest BCUT2D eigenvalue weighted by Crippen LogP contribution is -2.81. The fraction of sp³-hybridized carbons (Fsp3) is 0.765. The number of carboxylic acids is 1. The van der Waals surface area contributed by atoms with Crippen LogP contribution >= 0.6 is 0 Å². The van der Waals surface area contributed by atoms with Crippen LogP contribution in [0.4, 0.5) is 0 Å². The Morgan fingerprint density at radius 3 is 2.43 bits per heavy atom. The average molecular weight is 1140 g/mol. The van der Waals surface area contributed by atoms with Gasteiger partial charge in [-0.05, 0) is 241 Å². The Morgan fingerprint density at radius 1 is 0.831 bits per heavy atom. The van der Waals surface area contributed by atoms with Gasteiger partial charge in [-0.3, -0.25) is 15.6 Å². The molecule has 18 unspecified atom stereocenters.